The van der Waals surface area contributed by atoms with Crippen LogP contribution in [0.15, 0.2) is 42.7 Å². The number of hydrogen-bond donors (Lipinski definition) is 0. The Hall–Kier alpha value is -2.23. The molecule has 0 aliphatic heterocycles. The van der Waals surface area contributed by atoms with Crippen LogP contribution in [0.3, 0.4) is 0 Å². The zero-order valence-electron chi connectivity index (χ0n) is 10.2. The summed E-state index contributed by atoms with van der Waals surface area (Å²) >= 11 is 0. The minimum Gasteiger partial charge on any atom is -0.300 e. The standard InChI is InChI=1S/C14H14N2O2/c1-11(17)7-8-14(18)12-9-15-16(10-12)13-5-3-2-4-6-13/h2-6,9-10H,7-8H2,1H3. The predicted octanol–water partition coefficient (Wildman–Crippen LogP) is 2.42. The van der Waals surface area contributed by atoms with Crippen molar-refractivity contribution in [2.75, 3.05) is 0 Å². The zero-order valence-corrected chi connectivity index (χ0v) is 10.2. The molecule has 0 saturated carbocycles. The molecule has 1 aromatic carbocycles. The van der Waals surface area contributed by atoms with Gasteiger partial charge < -0.3 is 4.79 Å². The fraction of sp³-hybridized carbons (Fsp3) is 0.214. The number of Topliss-reactive ketones (excluding diaryl/α,β-unsaturated/α-hetero) is 2. The number of nitrogens with zero attached hydrogens (tertiary/aromatic N) is 2. The molecular formula is C14H14N2O2. The second kappa shape index (κ2) is 5.40. The summed E-state index contributed by atoms with van der Waals surface area (Å²) < 4.78 is 1.65. The first kappa shape index (κ1) is 12.2. The van der Waals surface area contributed by atoms with Crippen molar-refractivity contribution in [1.82, 2.24) is 9.78 Å². The molecule has 0 bridgehead atoms. The van der Waals surface area contributed by atoms with E-state index in [0.717, 1.165) is 5.69 Å². The van der Waals surface area contributed by atoms with Gasteiger partial charge in [-0.05, 0) is 19.1 Å². The van der Waals surface area contributed by atoms with Crippen LogP contribution >= 0.6 is 0 Å². The SMILES string of the molecule is CC(=O)CCC(=O)c1cnn(-c2ccccc2)c1. The molecule has 0 amide bonds. The lowest BCUT2D eigenvalue weighted by Gasteiger charge is -1.99. The average Bonchev–Trinajstić information content (AvgIpc) is 2.86. The van der Waals surface area contributed by atoms with Gasteiger partial charge in [0.25, 0.3) is 0 Å². The number of benzene rings is 1. The summed E-state index contributed by atoms with van der Waals surface area (Å²) in [5, 5.41) is 4.15. The normalized spacial score (nSPS) is 10.3. The maximum atomic E-state index is 11.8. The lowest BCUT2D eigenvalue weighted by molar-refractivity contribution is -0.116. The van der Waals surface area contributed by atoms with Crippen LogP contribution in [-0.4, -0.2) is 21.3 Å². The maximum absolute atomic E-state index is 11.8. The first-order valence-electron chi connectivity index (χ1n) is 5.79. The van der Waals surface area contributed by atoms with E-state index >= 15 is 0 Å². The third-order valence-electron chi connectivity index (χ3n) is 2.63. The number of carbonyl (C=O) groups is 2. The van der Waals surface area contributed by atoms with Crippen molar-refractivity contribution in [3.8, 4) is 5.69 Å². The molecule has 2 aromatic rings. The highest BCUT2D eigenvalue weighted by Crippen LogP contribution is 2.10. The van der Waals surface area contributed by atoms with Crippen LogP contribution in [0, 0.1) is 0 Å². The van der Waals surface area contributed by atoms with Gasteiger partial charge in [0, 0.05) is 19.0 Å². The van der Waals surface area contributed by atoms with Gasteiger partial charge in [-0.3, -0.25) is 4.79 Å². The van der Waals surface area contributed by atoms with Crippen molar-refractivity contribution in [3.63, 3.8) is 0 Å². The summed E-state index contributed by atoms with van der Waals surface area (Å²) in [5.41, 5.74) is 1.45. The van der Waals surface area contributed by atoms with Gasteiger partial charge in [-0.25, -0.2) is 4.68 Å². The molecule has 0 N–H and O–H groups in total. The summed E-state index contributed by atoms with van der Waals surface area (Å²) in [6.45, 7) is 1.49. The molecule has 0 saturated heterocycles. The van der Waals surface area contributed by atoms with Crippen LogP contribution in [0.2, 0.25) is 0 Å². The van der Waals surface area contributed by atoms with Gasteiger partial charge in [0.1, 0.15) is 5.78 Å². The molecule has 0 fully saturated rings. The fourth-order valence-corrected chi connectivity index (χ4v) is 1.62. The van der Waals surface area contributed by atoms with E-state index in [9.17, 15) is 9.59 Å². The van der Waals surface area contributed by atoms with Gasteiger partial charge in [0.05, 0.1) is 17.4 Å². The Morgan fingerprint density at radius 3 is 2.56 bits per heavy atom. The molecule has 4 nitrogen and oxygen atoms in total. The minimum atomic E-state index is -0.0487. The van der Waals surface area contributed by atoms with E-state index in [2.05, 4.69) is 5.10 Å². The average molecular weight is 242 g/mol. The molecule has 0 spiro atoms. The Morgan fingerprint density at radius 2 is 1.89 bits per heavy atom. The first-order chi connectivity index (χ1) is 8.66. The van der Waals surface area contributed by atoms with Gasteiger partial charge in [0.15, 0.2) is 5.78 Å². The van der Waals surface area contributed by atoms with E-state index in [0.29, 0.717) is 5.56 Å². The van der Waals surface area contributed by atoms with Gasteiger partial charge in [0.2, 0.25) is 0 Å². The summed E-state index contributed by atoms with van der Waals surface area (Å²) in [6.07, 6.45) is 3.76. The minimum absolute atomic E-state index is 0.0267. The van der Waals surface area contributed by atoms with Gasteiger partial charge in [-0.2, -0.15) is 5.10 Å². The van der Waals surface area contributed by atoms with E-state index in [-0.39, 0.29) is 24.4 Å². The molecule has 0 unspecified atom stereocenters. The lowest BCUT2D eigenvalue weighted by Crippen LogP contribution is -2.01. The molecule has 92 valence electrons. The van der Waals surface area contributed by atoms with E-state index in [1.165, 1.54) is 13.1 Å². The lowest BCUT2D eigenvalue weighted by atomic mass is 10.1. The van der Waals surface area contributed by atoms with E-state index < -0.39 is 0 Å². The second-order valence-corrected chi connectivity index (χ2v) is 4.13. The number of ketones is 2. The van der Waals surface area contributed by atoms with Crippen LogP contribution < -0.4 is 0 Å². The fourth-order valence-electron chi connectivity index (χ4n) is 1.62. The monoisotopic (exact) mass is 242 g/mol. The van der Waals surface area contributed by atoms with Gasteiger partial charge in [-0.15, -0.1) is 0 Å². The van der Waals surface area contributed by atoms with Crippen molar-refractivity contribution in [1.29, 1.82) is 0 Å². The van der Waals surface area contributed by atoms with Crippen LogP contribution in [0.25, 0.3) is 5.69 Å². The van der Waals surface area contributed by atoms with Crippen LogP contribution in [0.1, 0.15) is 30.1 Å². The molecular weight excluding hydrogens is 228 g/mol. The van der Waals surface area contributed by atoms with E-state index in [1.807, 2.05) is 30.3 Å². The molecule has 0 aliphatic carbocycles. The van der Waals surface area contributed by atoms with Crippen molar-refractivity contribution >= 4 is 11.6 Å². The summed E-state index contributed by atoms with van der Waals surface area (Å²) in [7, 11) is 0. The molecule has 1 heterocycles. The summed E-state index contributed by atoms with van der Waals surface area (Å²) in [6, 6.07) is 9.57. The molecule has 2 rings (SSSR count). The second-order valence-electron chi connectivity index (χ2n) is 4.13. The maximum Gasteiger partial charge on any atom is 0.166 e. The topological polar surface area (TPSA) is 52.0 Å². The number of hydrogen-bond acceptors (Lipinski definition) is 3. The highest BCUT2D eigenvalue weighted by molar-refractivity contribution is 5.97. The quantitative estimate of drug-likeness (QED) is 0.756. The number of para-hydroxylation sites is 1. The van der Waals surface area contributed by atoms with Crippen LogP contribution in [-0.2, 0) is 4.79 Å². The zero-order chi connectivity index (χ0) is 13.0. The summed E-state index contributed by atoms with van der Waals surface area (Å²) in [5.74, 6) is -0.0221. The smallest absolute Gasteiger partial charge is 0.166 e. The number of carbonyl (C=O) groups excluding carboxylic acids is 2. The largest absolute Gasteiger partial charge is 0.300 e. The van der Waals surface area contributed by atoms with Crippen molar-refractivity contribution in [2.45, 2.75) is 19.8 Å². The van der Waals surface area contributed by atoms with Crippen LogP contribution in [0.5, 0.6) is 0 Å². The Morgan fingerprint density at radius 1 is 1.17 bits per heavy atom. The highest BCUT2D eigenvalue weighted by Gasteiger charge is 2.10. The number of rotatable bonds is 5. The number of aromatic nitrogens is 2. The Bertz CT molecular complexity index is 558. The molecule has 4 heteroatoms. The third-order valence-corrected chi connectivity index (χ3v) is 2.63. The predicted molar refractivity (Wildman–Crippen MR) is 67.8 cm³/mol. The molecule has 18 heavy (non-hydrogen) atoms. The Labute approximate surface area is 105 Å². The highest BCUT2D eigenvalue weighted by atomic mass is 16.1. The van der Waals surface area contributed by atoms with Gasteiger partial charge >= 0.3 is 0 Å². The van der Waals surface area contributed by atoms with Crippen molar-refractivity contribution in [2.24, 2.45) is 0 Å². The first-order valence-corrected chi connectivity index (χ1v) is 5.79. The molecule has 0 aliphatic rings. The van der Waals surface area contributed by atoms with E-state index in [4.69, 9.17) is 0 Å². The third kappa shape index (κ3) is 2.91. The Kier molecular flexibility index (Phi) is 3.67. The van der Waals surface area contributed by atoms with Crippen molar-refractivity contribution in [3.05, 3.63) is 48.3 Å². The van der Waals surface area contributed by atoms with Gasteiger partial charge in [-0.1, -0.05) is 18.2 Å². The van der Waals surface area contributed by atoms with Crippen LogP contribution in [0.4, 0.5) is 0 Å². The molecule has 0 atom stereocenters. The molecule has 0 radical (unpaired) electrons. The van der Waals surface area contributed by atoms with Crippen molar-refractivity contribution < 1.29 is 9.59 Å². The van der Waals surface area contributed by atoms with E-state index in [1.54, 1.807) is 10.9 Å². The molecule has 1 aromatic heterocycles. The Balaban J connectivity index is 2.11. The summed E-state index contributed by atoms with van der Waals surface area (Å²) in [4.78, 5) is 22.6.